The van der Waals surface area contributed by atoms with Gasteiger partial charge in [-0.05, 0) is 51.0 Å². The van der Waals surface area contributed by atoms with Crippen LogP contribution in [0.4, 0.5) is 0 Å². The van der Waals surface area contributed by atoms with E-state index in [1.807, 2.05) is 13.2 Å². The average molecular weight is 264 g/mol. The Balaban J connectivity index is 1.96. The second kappa shape index (κ2) is 5.66. The van der Waals surface area contributed by atoms with E-state index in [2.05, 4.69) is 38.0 Å². The molecule has 19 heavy (non-hydrogen) atoms. The van der Waals surface area contributed by atoms with Gasteiger partial charge in [0, 0.05) is 5.92 Å². The summed E-state index contributed by atoms with van der Waals surface area (Å²) in [5, 5.41) is 3.17. The van der Waals surface area contributed by atoms with E-state index in [9.17, 15) is 0 Å². The standard InChI is InChI=1S/C16H28N2O/c1-11(17-5)15-18-10-14(19-15)12-6-8-13(9-7-12)16(2,3)4/h10-13,17H,6-9H2,1-5H3. The molecule has 1 atom stereocenters. The molecule has 0 bridgehead atoms. The van der Waals surface area contributed by atoms with Crippen molar-refractivity contribution in [2.24, 2.45) is 11.3 Å². The number of nitrogens with one attached hydrogen (secondary N) is 1. The molecule has 0 aliphatic heterocycles. The zero-order valence-corrected chi connectivity index (χ0v) is 13.0. The van der Waals surface area contributed by atoms with Crippen LogP contribution < -0.4 is 5.32 Å². The van der Waals surface area contributed by atoms with Crippen molar-refractivity contribution in [1.82, 2.24) is 10.3 Å². The van der Waals surface area contributed by atoms with Gasteiger partial charge in [0.05, 0.1) is 12.2 Å². The van der Waals surface area contributed by atoms with Crippen molar-refractivity contribution in [1.29, 1.82) is 0 Å². The molecule has 0 saturated heterocycles. The topological polar surface area (TPSA) is 38.1 Å². The fourth-order valence-corrected chi connectivity index (χ4v) is 3.06. The van der Waals surface area contributed by atoms with Crippen LogP contribution in [0.15, 0.2) is 10.6 Å². The maximum absolute atomic E-state index is 5.92. The van der Waals surface area contributed by atoms with Gasteiger partial charge in [-0.3, -0.25) is 0 Å². The SMILES string of the molecule is CNC(C)c1ncc(C2CCC(C(C)(C)C)CC2)o1. The summed E-state index contributed by atoms with van der Waals surface area (Å²) in [5.41, 5.74) is 0.443. The molecule has 2 rings (SSSR count). The molecule has 1 aromatic rings. The summed E-state index contributed by atoms with van der Waals surface area (Å²) in [7, 11) is 1.93. The lowest BCUT2D eigenvalue weighted by Gasteiger charge is -2.36. The molecule has 0 spiro atoms. The highest BCUT2D eigenvalue weighted by Gasteiger charge is 2.31. The van der Waals surface area contributed by atoms with Gasteiger partial charge in [0.15, 0.2) is 0 Å². The minimum Gasteiger partial charge on any atom is -0.444 e. The normalized spacial score (nSPS) is 26.4. The van der Waals surface area contributed by atoms with E-state index in [1.165, 1.54) is 25.7 Å². The van der Waals surface area contributed by atoms with Gasteiger partial charge in [0.25, 0.3) is 0 Å². The second-order valence-corrected chi connectivity index (χ2v) is 7.03. The fourth-order valence-electron chi connectivity index (χ4n) is 3.06. The van der Waals surface area contributed by atoms with Crippen LogP contribution >= 0.6 is 0 Å². The first-order chi connectivity index (χ1) is 8.91. The van der Waals surface area contributed by atoms with E-state index in [1.54, 1.807) is 0 Å². The minimum atomic E-state index is 0.194. The van der Waals surface area contributed by atoms with Gasteiger partial charge < -0.3 is 9.73 Å². The fraction of sp³-hybridized carbons (Fsp3) is 0.812. The molecule has 0 amide bonds. The Morgan fingerprint density at radius 2 is 1.89 bits per heavy atom. The maximum Gasteiger partial charge on any atom is 0.211 e. The molecule has 3 nitrogen and oxygen atoms in total. The Labute approximate surface area is 117 Å². The van der Waals surface area contributed by atoms with Gasteiger partial charge in [0.1, 0.15) is 5.76 Å². The van der Waals surface area contributed by atoms with Gasteiger partial charge in [0.2, 0.25) is 5.89 Å². The highest BCUT2D eigenvalue weighted by atomic mass is 16.4. The molecule has 1 aliphatic carbocycles. The Bertz CT molecular complexity index is 397. The summed E-state index contributed by atoms with van der Waals surface area (Å²) in [4.78, 5) is 4.40. The highest BCUT2D eigenvalue weighted by Crippen LogP contribution is 2.43. The summed E-state index contributed by atoms with van der Waals surface area (Å²) in [6.45, 7) is 9.16. The smallest absolute Gasteiger partial charge is 0.211 e. The van der Waals surface area contributed by atoms with Gasteiger partial charge in [-0.15, -0.1) is 0 Å². The molecular formula is C16H28N2O. The molecule has 1 fully saturated rings. The molecule has 1 unspecified atom stereocenters. The van der Waals surface area contributed by atoms with Crippen molar-refractivity contribution in [2.75, 3.05) is 7.05 Å². The molecule has 0 radical (unpaired) electrons. The molecule has 1 aromatic heterocycles. The van der Waals surface area contributed by atoms with E-state index in [0.717, 1.165) is 17.6 Å². The van der Waals surface area contributed by atoms with Crippen LogP contribution in [0.2, 0.25) is 0 Å². The van der Waals surface area contributed by atoms with E-state index >= 15 is 0 Å². The van der Waals surface area contributed by atoms with Crippen molar-refractivity contribution >= 4 is 0 Å². The lowest BCUT2D eigenvalue weighted by molar-refractivity contribution is 0.162. The lowest BCUT2D eigenvalue weighted by atomic mass is 9.69. The summed E-state index contributed by atoms with van der Waals surface area (Å²) in [6, 6.07) is 0.194. The van der Waals surface area contributed by atoms with Crippen LogP contribution in [-0.4, -0.2) is 12.0 Å². The molecule has 1 heterocycles. The molecular weight excluding hydrogens is 236 g/mol. The number of oxazole rings is 1. The Kier molecular flexibility index (Phi) is 4.34. The number of rotatable bonds is 3. The molecule has 108 valence electrons. The van der Waals surface area contributed by atoms with Gasteiger partial charge in [-0.25, -0.2) is 4.98 Å². The van der Waals surface area contributed by atoms with E-state index in [-0.39, 0.29) is 6.04 Å². The number of hydrogen-bond acceptors (Lipinski definition) is 3. The largest absolute Gasteiger partial charge is 0.444 e. The minimum absolute atomic E-state index is 0.194. The van der Waals surface area contributed by atoms with Crippen LogP contribution in [0, 0.1) is 11.3 Å². The predicted molar refractivity (Wildman–Crippen MR) is 78.1 cm³/mol. The van der Waals surface area contributed by atoms with Crippen molar-refractivity contribution in [2.45, 2.75) is 65.3 Å². The van der Waals surface area contributed by atoms with Crippen LogP contribution in [0.25, 0.3) is 0 Å². The summed E-state index contributed by atoms with van der Waals surface area (Å²) < 4.78 is 5.92. The number of aromatic nitrogens is 1. The molecule has 3 heteroatoms. The summed E-state index contributed by atoms with van der Waals surface area (Å²) in [5.74, 6) is 3.33. The van der Waals surface area contributed by atoms with Gasteiger partial charge in [-0.2, -0.15) is 0 Å². The van der Waals surface area contributed by atoms with Gasteiger partial charge in [-0.1, -0.05) is 20.8 Å². The van der Waals surface area contributed by atoms with Crippen molar-refractivity contribution in [3.8, 4) is 0 Å². The quantitative estimate of drug-likeness (QED) is 0.885. The summed E-state index contributed by atoms with van der Waals surface area (Å²) >= 11 is 0. The van der Waals surface area contributed by atoms with E-state index < -0.39 is 0 Å². The van der Waals surface area contributed by atoms with E-state index in [4.69, 9.17) is 4.42 Å². The number of nitrogens with zero attached hydrogens (tertiary/aromatic N) is 1. The third kappa shape index (κ3) is 3.38. The van der Waals surface area contributed by atoms with Crippen molar-refractivity contribution in [3.63, 3.8) is 0 Å². The van der Waals surface area contributed by atoms with Crippen LogP contribution in [0.5, 0.6) is 0 Å². The zero-order valence-electron chi connectivity index (χ0n) is 13.0. The first kappa shape index (κ1) is 14.6. The predicted octanol–water partition coefficient (Wildman–Crippen LogP) is 4.27. The summed E-state index contributed by atoms with van der Waals surface area (Å²) in [6.07, 6.45) is 7.04. The average Bonchev–Trinajstić information content (AvgIpc) is 2.86. The molecule has 1 N–H and O–H groups in total. The third-order valence-electron chi connectivity index (χ3n) is 4.70. The van der Waals surface area contributed by atoms with Crippen LogP contribution in [-0.2, 0) is 0 Å². The van der Waals surface area contributed by atoms with E-state index in [0.29, 0.717) is 11.3 Å². The lowest BCUT2D eigenvalue weighted by Crippen LogP contribution is -2.25. The van der Waals surface area contributed by atoms with Gasteiger partial charge >= 0.3 is 0 Å². The van der Waals surface area contributed by atoms with Crippen molar-refractivity contribution in [3.05, 3.63) is 17.8 Å². The molecule has 1 aliphatic rings. The number of hydrogen-bond donors (Lipinski definition) is 1. The monoisotopic (exact) mass is 264 g/mol. The first-order valence-electron chi connectivity index (χ1n) is 7.54. The highest BCUT2D eigenvalue weighted by molar-refractivity contribution is 5.05. The Hall–Kier alpha value is -0.830. The third-order valence-corrected chi connectivity index (χ3v) is 4.70. The molecule has 1 saturated carbocycles. The van der Waals surface area contributed by atoms with Crippen LogP contribution in [0.3, 0.4) is 0 Å². The van der Waals surface area contributed by atoms with Crippen LogP contribution in [0.1, 0.15) is 77.0 Å². The van der Waals surface area contributed by atoms with Crippen molar-refractivity contribution < 1.29 is 4.42 Å². The zero-order chi connectivity index (χ0) is 14.0. The maximum atomic E-state index is 5.92. The Morgan fingerprint density at radius 3 is 2.42 bits per heavy atom. The second-order valence-electron chi connectivity index (χ2n) is 7.03. The first-order valence-corrected chi connectivity index (χ1v) is 7.54. The molecule has 0 aromatic carbocycles. The Morgan fingerprint density at radius 1 is 1.26 bits per heavy atom.